The Balaban J connectivity index is 1.86. The van der Waals surface area contributed by atoms with E-state index in [-0.39, 0.29) is 17.7 Å². The largest absolute Gasteiger partial charge is 0.478 e. The SMILES string of the molecule is CC(Oc1ccccc1F)C(=O)NNC(=O)Cc1cccc(C(F)(F)F)c1. The van der Waals surface area contributed by atoms with E-state index in [0.29, 0.717) is 0 Å². The normalized spacial score (nSPS) is 12.2. The number of alkyl halides is 3. The van der Waals surface area contributed by atoms with Gasteiger partial charge in [0.2, 0.25) is 5.91 Å². The highest BCUT2D eigenvalue weighted by atomic mass is 19.4. The molecular weight excluding hydrogens is 368 g/mol. The quantitative estimate of drug-likeness (QED) is 0.615. The van der Waals surface area contributed by atoms with E-state index in [1.54, 1.807) is 0 Å². The highest BCUT2D eigenvalue weighted by Crippen LogP contribution is 2.29. The molecule has 0 bridgehead atoms. The van der Waals surface area contributed by atoms with Crippen LogP contribution < -0.4 is 15.6 Å². The number of ether oxygens (including phenoxy) is 1. The second-order valence-electron chi connectivity index (χ2n) is 5.60. The molecule has 1 atom stereocenters. The van der Waals surface area contributed by atoms with Crippen LogP contribution in [0, 0.1) is 5.82 Å². The topological polar surface area (TPSA) is 67.4 Å². The van der Waals surface area contributed by atoms with Gasteiger partial charge in [0.15, 0.2) is 17.7 Å². The van der Waals surface area contributed by atoms with Crippen molar-refractivity contribution in [2.24, 2.45) is 0 Å². The van der Waals surface area contributed by atoms with Crippen LogP contribution in [0.4, 0.5) is 17.6 Å². The van der Waals surface area contributed by atoms with Gasteiger partial charge in [0.25, 0.3) is 5.91 Å². The number of carbonyl (C=O) groups is 2. The molecule has 0 aliphatic carbocycles. The summed E-state index contributed by atoms with van der Waals surface area (Å²) in [6.45, 7) is 1.35. The summed E-state index contributed by atoms with van der Waals surface area (Å²) in [5.41, 5.74) is 3.42. The molecule has 0 radical (unpaired) electrons. The molecule has 2 amide bonds. The Labute approximate surface area is 152 Å². The van der Waals surface area contributed by atoms with Crippen molar-refractivity contribution in [2.75, 3.05) is 0 Å². The Morgan fingerprint density at radius 3 is 2.44 bits per heavy atom. The monoisotopic (exact) mass is 384 g/mol. The lowest BCUT2D eigenvalue weighted by atomic mass is 10.1. The van der Waals surface area contributed by atoms with E-state index in [9.17, 15) is 27.2 Å². The van der Waals surface area contributed by atoms with E-state index in [1.165, 1.54) is 37.3 Å². The fraction of sp³-hybridized carbons (Fsp3) is 0.222. The highest BCUT2D eigenvalue weighted by molar-refractivity contribution is 5.85. The molecule has 0 saturated heterocycles. The number of nitrogens with one attached hydrogen (secondary N) is 2. The Kier molecular flexibility index (Phi) is 6.38. The van der Waals surface area contributed by atoms with Crippen LogP contribution in [0.25, 0.3) is 0 Å². The number of benzene rings is 2. The van der Waals surface area contributed by atoms with Crippen LogP contribution in [-0.4, -0.2) is 17.9 Å². The minimum Gasteiger partial charge on any atom is -0.478 e. The van der Waals surface area contributed by atoms with Crippen molar-refractivity contribution in [2.45, 2.75) is 25.6 Å². The lowest BCUT2D eigenvalue weighted by molar-refractivity contribution is -0.137. The molecule has 0 aliphatic heterocycles. The molecule has 0 fully saturated rings. The van der Waals surface area contributed by atoms with Crippen LogP contribution in [0.5, 0.6) is 5.75 Å². The molecule has 2 aromatic rings. The van der Waals surface area contributed by atoms with Gasteiger partial charge in [-0.25, -0.2) is 4.39 Å². The molecule has 27 heavy (non-hydrogen) atoms. The summed E-state index contributed by atoms with van der Waals surface area (Å²) in [6.07, 6.45) is -6.00. The van der Waals surface area contributed by atoms with E-state index >= 15 is 0 Å². The van der Waals surface area contributed by atoms with Crippen LogP contribution in [0.3, 0.4) is 0 Å². The molecule has 2 rings (SSSR count). The number of amides is 2. The van der Waals surface area contributed by atoms with Gasteiger partial charge in [-0.05, 0) is 30.7 Å². The lowest BCUT2D eigenvalue weighted by Gasteiger charge is -2.15. The third kappa shape index (κ3) is 5.98. The molecule has 0 heterocycles. The van der Waals surface area contributed by atoms with Gasteiger partial charge in [0, 0.05) is 0 Å². The van der Waals surface area contributed by atoms with Gasteiger partial charge in [0.05, 0.1) is 12.0 Å². The molecule has 1 unspecified atom stereocenters. The molecule has 0 saturated carbocycles. The molecule has 144 valence electrons. The summed E-state index contributed by atoms with van der Waals surface area (Å²) in [5, 5.41) is 0. The first-order valence-corrected chi connectivity index (χ1v) is 7.83. The molecule has 5 nitrogen and oxygen atoms in total. The number of hydrogen-bond donors (Lipinski definition) is 2. The van der Waals surface area contributed by atoms with Crippen molar-refractivity contribution in [1.82, 2.24) is 10.9 Å². The Bertz CT molecular complexity index is 824. The molecule has 9 heteroatoms. The average Bonchev–Trinajstić information content (AvgIpc) is 2.61. The first-order valence-electron chi connectivity index (χ1n) is 7.83. The molecule has 0 aromatic heterocycles. The highest BCUT2D eigenvalue weighted by Gasteiger charge is 2.30. The molecule has 0 aliphatic rings. The zero-order valence-corrected chi connectivity index (χ0v) is 14.1. The Morgan fingerprint density at radius 1 is 1.07 bits per heavy atom. The zero-order chi connectivity index (χ0) is 20.0. The number of hydrogen-bond acceptors (Lipinski definition) is 3. The summed E-state index contributed by atoms with van der Waals surface area (Å²) < 4.78 is 56.6. The lowest BCUT2D eigenvalue weighted by Crippen LogP contribution is -2.47. The summed E-state index contributed by atoms with van der Waals surface area (Å²) >= 11 is 0. The standard InChI is InChI=1S/C18H16F4N2O3/c1-11(27-15-8-3-2-7-14(15)19)17(26)24-23-16(25)10-12-5-4-6-13(9-12)18(20,21)22/h2-9,11H,10H2,1H3,(H,23,25)(H,24,26). The Hall–Kier alpha value is -3.10. The van der Waals surface area contributed by atoms with Crippen LogP contribution in [0.15, 0.2) is 48.5 Å². The van der Waals surface area contributed by atoms with Gasteiger partial charge in [-0.15, -0.1) is 0 Å². The predicted octanol–water partition coefficient (Wildman–Crippen LogP) is 3.00. The second kappa shape index (κ2) is 8.52. The molecule has 2 aromatic carbocycles. The number of hydrazine groups is 1. The minimum atomic E-state index is -4.51. The van der Waals surface area contributed by atoms with Crippen LogP contribution in [0.1, 0.15) is 18.1 Å². The van der Waals surface area contributed by atoms with Crippen molar-refractivity contribution < 1.29 is 31.9 Å². The predicted molar refractivity (Wildman–Crippen MR) is 87.9 cm³/mol. The van der Waals surface area contributed by atoms with Gasteiger partial charge in [-0.2, -0.15) is 13.2 Å². The van der Waals surface area contributed by atoms with Gasteiger partial charge in [-0.3, -0.25) is 20.4 Å². The zero-order valence-electron chi connectivity index (χ0n) is 14.1. The van der Waals surface area contributed by atoms with Crippen LogP contribution in [-0.2, 0) is 22.2 Å². The first-order chi connectivity index (χ1) is 12.7. The third-order valence-electron chi connectivity index (χ3n) is 3.45. The fourth-order valence-electron chi connectivity index (χ4n) is 2.10. The van der Waals surface area contributed by atoms with Crippen molar-refractivity contribution in [3.05, 3.63) is 65.5 Å². The van der Waals surface area contributed by atoms with Crippen molar-refractivity contribution in [3.8, 4) is 5.75 Å². The fourth-order valence-corrected chi connectivity index (χ4v) is 2.10. The maximum atomic E-state index is 13.5. The minimum absolute atomic E-state index is 0.129. The first kappa shape index (κ1) is 20.2. The Morgan fingerprint density at radius 2 is 1.78 bits per heavy atom. The van der Waals surface area contributed by atoms with Crippen molar-refractivity contribution in [3.63, 3.8) is 0 Å². The summed E-state index contributed by atoms with van der Waals surface area (Å²) in [4.78, 5) is 23.7. The molecule has 2 N–H and O–H groups in total. The van der Waals surface area contributed by atoms with Crippen molar-refractivity contribution >= 4 is 11.8 Å². The summed E-state index contributed by atoms with van der Waals surface area (Å²) in [6, 6.07) is 9.79. The third-order valence-corrected chi connectivity index (χ3v) is 3.45. The van der Waals surface area contributed by atoms with Gasteiger partial charge in [-0.1, -0.05) is 30.3 Å². The summed E-state index contributed by atoms with van der Waals surface area (Å²) in [5.74, 6) is -2.25. The molecular formula is C18H16F4N2O3. The van der Waals surface area contributed by atoms with Crippen molar-refractivity contribution in [1.29, 1.82) is 0 Å². The van der Waals surface area contributed by atoms with Crippen LogP contribution in [0.2, 0.25) is 0 Å². The number of para-hydroxylation sites is 1. The van der Waals surface area contributed by atoms with Gasteiger partial charge < -0.3 is 4.74 Å². The number of rotatable bonds is 5. The second-order valence-corrected chi connectivity index (χ2v) is 5.60. The van der Waals surface area contributed by atoms with E-state index in [1.807, 2.05) is 0 Å². The maximum absolute atomic E-state index is 13.5. The maximum Gasteiger partial charge on any atom is 0.416 e. The van der Waals surface area contributed by atoms with E-state index in [4.69, 9.17) is 4.74 Å². The average molecular weight is 384 g/mol. The van der Waals surface area contributed by atoms with E-state index in [0.717, 1.165) is 18.2 Å². The number of carbonyl (C=O) groups excluding carboxylic acids is 2. The van der Waals surface area contributed by atoms with E-state index in [2.05, 4.69) is 10.9 Å². The van der Waals surface area contributed by atoms with Gasteiger partial charge >= 0.3 is 6.18 Å². The smallest absolute Gasteiger partial charge is 0.416 e. The van der Waals surface area contributed by atoms with Gasteiger partial charge in [0.1, 0.15) is 0 Å². The number of halogens is 4. The van der Waals surface area contributed by atoms with Crippen LogP contribution >= 0.6 is 0 Å². The van der Waals surface area contributed by atoms with E-state index < -0.39 is 35.5 Å². The molecule has 0 spiro atoms. The summed E-state index contributed by atoms with van der Waals surface area (Å²) in [7, 11) is 0.